The molecular formula is C30H33ClN4OS. The van der Waals surface area contributed by atoms with Crippen molar-refractivity contribution in [2.24, 2.45) is 4.99 Å². The van der Waals surface area contributed by atoms with E-state index in [0.29, 0.717) is 12.1 Å². The van der Waals surface area contributed by atoms with Crippen molar-refractivity contribution in [3.8, 4) is 0 Å². The van der Waals surface area contributed by atoms with Crippen molar-refractivity contribution in [3.05, 3.63) is 82.4 Å². The van der Waals surface area contributed by atoms with Crippen molar-refractivity contribution >= 4 is 46.4 Å². The molecule has 0 spiro atoms. The lowest BCUT2D eigenvalue weighted by molar-refractivity contribution is 0.0951. The van der Waals surface area contributed by atoms with Gasteiger partial charge in [-0.15, -0.1) is 0 Å². The molecule has 0 atom stereocenters. The van der Waals surface area contributed by atoms with E-state index in [2.05, 4.69) is 53.2 Å². The number of hydrogen-bond acceptors (Lipinski definition) is 5. The smallest absolute Gasteiger partial charge is 0.251 e. The zero-order valence-electron chi connectivity index (χ0n) is 21.5. The van der Waals surface area contributed by atoms with Gasteiger partial charge in [-0.1, -0.05) is 48.0 Å². The normalized spacial score (nSPS) is 15.4. The third-order valence-electron chi connectivity index (χ3n) is 6.96. The highest BCUT2D eigenvalue weighted by Crippen LogP contribution is 2.41. The summed E-state index contributed by atoms with van der Waals surface area (Å²) < 4.78 is 0. The lowest BCUT2D eigenvalue weighted by Crippen LogP contribution is -2.47. The van der Waals surface area contributed by atoms with Crippen LogP contribution >= 0.6 is 23.4 Å². The second-order valence-corrected chi connectivity index (χ2v) is 11.1. The number of anilines is 1. The van der Waals surface area contributed by atoms with Crippen LogP contribution in [0.15, 0.2) is 75.4 Å². The van der Waals surface area contributed by atoms with Gasteiger partial charge in [-0.2, -0.15) is 0 Å². The predicted molar refractivity (Wildman–Crippen MR) is 155 cm³/mol. The van der Waals surface area contributed by atoms with E-state index >= 15 is 0 Å². The van der Waals surface area contributed by atoms with E-state index in [1.54, 1.807) is 11.8 Å². The summed E-state index contributed by atoms with van der Waals surface area (Å²) in [5, 5.41) is 3.89. The van der Waals surface area contributed by atoms with Gasteiger partial charge in [0.1, 0.15) is 0 Å². The van der Waals surface area contributed by atoms with Crippen LogP contribution in [0.4, 0.5) is 11.4 Å². The average molecular weight is 533 g/mol. The summed E-state index contributed by atoms with van der Waals surface area (Å²) in [5.41, 5.74) is 6.22. The Morgan fingerprint density at radius 3 is 2.62 bits per heavy atom. The number of nitrogens with one attached hydrogen (secondary N) is 1. The van der Waals surface area contributed by atoms with Crippen LogP contribution < -0.4 is 10.2 Å². The number of nitrogens with zero attached hydrogens (tertiary/aromatic N) is 3. The van der Waals surface area contributed by atoms with Gasteiger partial charge in [0.05, 0.1) is 5.69 Å². The Bertz CT molecular complexity index is 1320. The zero-order valence-corrected chi connectivity index (χ0v) is 23.0. The van der Waals surface area contributed by atoms with Gasteiger partial charge in [0, 0.05) is 70.1 Å². The third kappa shape index (κ3) is 6.20. The Morgan fingerprint density at radius 1 is 1.03 bits per heavy atom. The van der Waals surface area contributed by atoms with Crippen LogP contribution in [0, 0.1) is 6.92 Å². The fourth-order valence-corrected chi connectivity index (χ4v) is 6.08. The van der Waals surface area contributed by atoms with Crippen molar-refractivity contribution < 1.29 is 4.79 Å². The maximum absolute atomic E-state index is 12.9. The Kier molecular flexibility index (Phi) is 8.18. The summed E-state index contributed by atoms with van der Waals surface area (Å²) in [4.78, 5) is 25.0. The van der Waals surface area contributed by atoms with Gasteiger partial charge in [-0.05, 0) is 74.8 Å². The SMILES string of the molecule is CCC1=Nc2cc(C(=O)NCCCN3CCN(c4cccc(Cl)c4)CC3)ccc2Sc2ccc(C)cc21. The summed E-state index contributed by atoms with van der Waals surface area (Å²) >= 11 is 7.87. The molecule has 3 aromatic carbocycles. The zero-order chi connectivity index (χ0) is 25.8. The van der Waals surface area contributed by atoms with Crippen LogP contribution in [-0.4, -0.2) is 55.8 Å². The fraction of sp³-hybridized carbons (Fsp3) is 0.333. The molecule has 2 aliphatic heterocycles. The molecule has 0 unspecified atom stereocenters. The molecule has 1 saturated heterocycles. The van der Waals surface area contributed by atoms with Crippen LogP contribution in [0.2, 0.25) is 5.02 Å². The molecule has 5 nitrogen and oxygen atoms in total. The minimum Gasteiger partial charge on any atom is -0.369 e. The number of aliphatic imine (C=N–C) groups is 1. The first-order valence-electron chi connectivity index (χ1n) is 13.0. The Balaban J connectivity index is 1.13. The van der Waals surface area contributed by atoms with Crippen LogP contribution in [-0.2, 0) is 0 Å². The molecule has 2 aliphatic rings. The van der Waals surface area contributed by atoms with Crippen LogP contribution in [0.25, 0.3) is 0 Å². The molecule has 37 heavy (non-hydrogen) atoms. The Morgan fingerprint density at radius 2 is 1.84 bits per heavy atom. The second-order valence-electron chi connectivity index (χ2n) is 9.61. The first-order chi connectivity index (χ1) is 18.0. The maximum atomic E-state index is 12.9. The number of benzene rings is 3. The summed E-state index contributed by atoms with van der Waals surface area (Å²) in [6.07, 6.45) is 1.77. The molecule has 2 heterocycles. The number of rotatable bonds is 7. The number of carbonyl (C=O) groups is 1. The molecule has 5 rings (SSSR count). The maximum Gasteiger partial charge on any atom is 0.251 e. The lowest BCUT2D eigenvalue weighted by Gasteiger charge is -2.36. The first-order valence-corrected chi connectivity index (χ1v) is 14.2. The van der Waals surface area contributed by atoms with Crippen molar-refractivity contribution in [1.29, 1.82) is 0 Å². The summed E-state index contributed by atoms with van der Waals surface area (Å²) in [6, 6.07) is 20.5. The number of amides is 1. The van der Waals surface area contributed by atoms with Gasteiger partial charge in [0.2, 0.25) is 0 Å². The van der Waals surface area contributed by atoms with E-state index in [0.717, 1.165) is 66.9 Å². The van der Waals surface area contributed by atoms with E-state index in [1.165, 1.54) is 21.7 Å². The molecule has 0 saturated carbocycles. The molecular weight excluding hydrogens is 500 g/mol. The highest BCUT2D eigenvalue weighted by atomic mass is 35.5. The Labute approximate surface area is 228 Å². The summed E-state index contributed by atoms with van der Waals surface area (Å²) in [6.45, 7) is 9.89. The number of carbonyl (C=O) groups excluding carboxylic acids is 1. The summed E-state index contributed by atoms with van der Waals surface area (Å²) in [7, 11) is 0. The van der Waals surface area contributed by atoms with Gasteiger partial charge in [-0.25, -0.2) is 0 Å². The number of fused-ring (bicyclic) bond motifs is 2. The van der Waals surface area contributed by atoms with E-state index in [4.69, 9.17) is 16.6 Å². The van der Waals surface area contributed by atoms with E-state index in [1.807, 2.05) is 36.4 Å². The number of aryl methyl sites for hydroxylation is 1. The topological polar surface area (TPSA) is 47.9 Å². The molecule has 0 radical (unpaired) electrons. The lowest BCUT2D eigenvalue weighted by atomic mass is 10.0. The monoisotopic (exact) mass is 532 g/mol. The largest absolute Gasteiger partial charge is 0.369 e. The predicted octanol–water partition coefficient (Wildman–Crippen LogP) is 6.59. The van der Waals surface area contributed by atoms with Crippen LogP contribution in [0.3, 0.4) is 0 Å². The number of halogens is 1. The quantitative estimate of drug-likeness (QED) is 0.349. The molecule has 1 fully saturated rings. The highest BCUT2D eigenvalue weighted by molar-refractivity contribution is 7.99. The van der Waals surface area contributed by atoms with Crippen LogP contribution in [0.5, 0.6) is 0 Å². The second kappa shape index (κ2) is 11.7. The Hall–Kier alpha value is -2.80. The molecule has 0 aromatic heterocycles. The summed E-state index contributed by atoms with van der Waals surface area (Å²) in [5.74, 6) is -0.0376. The number of piperazine rings is 1. The van der Waals surface area contributed by atoms with Gasteiger partial charge < -0.3 is 10.2 Å². The van der Waals surface area contributed by atoms with Gasteiger partial charge >= 0.3 is 0 Å². The van der Waals surface area contributed by atoms with E-state index in [9.17, 15) is 4.79 Å². The van der Waals surface area contributed by atoms with Crippen LogP contribution in [0.1, 0.15) is 41.3 Å². The molecule has 1 amide bonds. The van der Waals surface area contributed by atoms with Crippen molar-refractivity contribution in [1.82, 2.24) is 10.2 Å². The first kappa shape index (κ1) is 25.8. The van der Waals surface area contributed by atoms with Gasteiger partial charge in [0.15, 0.2) is 0 Å². The molecule has 192 valence electrons. The van der Waals surface area contributed by atoms with Crippen molar-refractivity contribution in [2.75, 3.05) is 44.2 Å². The van der Waals surface area contributed by atoms with Gasteiger partial charge in [0.25, 0.3) is 5.91 Å². The van der Waals surface area contributed by atoms with Crippen molar-refractivity contribution in [3.63, 3.8) is 0 Å². The minimum atomic E-state index is -0.0376. The number of hydrogen-bond donors (Lipinski definition) is 1. The highest BCUT2D eigenvalue weighted by Gasteiger charge is 2.19. The minimum absolute atomic E-state index is 0.0376. The fourth-order valence-electron chi connectivity index (χ4n) is 4.89. The molecule has 7 heteroatoms. The van der Waals surface area contributed by atoms with E-state index in [-0.39, 0.29) is 5.91 Å². The molecule has 3 aromatic rings. The van der Waals surface area contributed by atoms with E-state index < -0.39 is 0 Å². The third-order valence-corrected chi connectivity index (χ3v) is 8.34. The average Bonchev–Trinajstić information content (AvgIpc) is 3.07. The molecule has 1 N–H and O–H groups in total. The molecule has 0 bridgehead atoms. The van der Waals surface area contributed by atoms with Crippen molar-refractivity contribution in [2.45, 2.75) is 36.5 Å². The standard InChI is InChI=1S/C30H33ClN4OS/c1-3-26-25-18-21(2)8-10-28(25)37-29-11-9-22(19-27(29)33-26)30(36)32-12-5-13-34-14-16-35(17-15-34)24-7-4-6-23(31)20-24/h4,6-11,18-20H,3,5,12-17H2,1-2H3,(H,32,36). The molecule has 0 aliphatic carbocycles. The van der Waals surface area contributed by atoms with Gasteiger partial charge in [-0.3, -0.25) is 14.7 Å².